The molecule has 0 fully saturated rings. The van der Waals surface area contributed by atoms with Gasteiger partial charge in [-0.3, -0.25) is 0 Å². The maximum atomic E-state index is 8.63. The van der Waals surface area contributed by atoms with E-state index in [1.807, 2.05) is 32.1 Å². The lowest BCUT2D eigenvalue weighted by molar-refractivity contribution is 0.343. The van der Waals surface area contributed by atoms with Crippen molar-refractivity contribution in [2.24, 2.45) is 0 Å². The van der Waals surface area contributed by atoms with Crippen LogP contribution in [-0.2, 0) is 0 Å². The predicted molar refractivity (Wildman–Crippen MR) is 56.4 cm³/mol. The molecule has 0 unspecified atom stereocenters. The van der Waals surface area contributed by atoms with E-state index >= 15 is 0 Å². The fourth-order valence-electron chi connectivity index (χ4n) is 1.22. The predicted octanol–water partition coefficient (Wildman–Crippen LogP) is 1.89. The topological polar surface area (TPSA) is 46.2 Å². The zero-order chi connectivity index (χ0) is 9.84. The third kappa shape index (κ3) is 2.10. The van der Waals surface area contributed by atoms with Crippen molar-refractivity contribution >= 4 is 11.8 Å². The maximum absolute atomic E-state index is 8.63. The van der Waals surface area contributed by atoms with Gasteiger partial charge in [-0.15, -0.1) is 0 Å². The van der Waals surface area contributed by atoms with E-state index in [0.29, 0.717) is 0 Å². The molecule has 0 aliphatic rings. The fourth-order valence-corrected chi connectivity index (χ4v) is 1.22. The molecule has 0 bridgehead atoms. The van der Waals surface area contributed by atoms with Crippen molar-refractivity contribution in [3.05, 3.63) is 34.9 Å². The molecule has 0 saturated carbocycles. The highest BCUT2D eigenvalue weighted by Gasteiger charge is 2.00. The summed E-state index contributed by atoms with van der Waals surface area (Å²) in [6.07, 6.45) is 3.62. The molecule has 2 heteroatoms. The van der Waals surface area contributed by atoms with Crippen molar-refractivity contribution in [3.8, 4) is 0 Å². The average molecular weight is 177 g/mol. The molecule has 1 rings (SSSR count). The van der Waals surface area contributed by atoms with Crippen molar-refractivity contribution in [1.82, 2.24) is 0 Å². The average Bonchev–Trinajstić information content (AvgIpc) is 2.13. The Bertz CT molecular complexity index is 329. The highest BCUT2D eigenvalue weighted by Crippen LogP contribution is 2.20. The summed E-state index contributed by atoms with van der Waals surface area (Å²) >= 11 is 0. The molecule has 2 nitrogen and oxygen atoms in total. The van der Waals surface area contributed by atoms with E-state index in [1.165, 1.54) is 5.56 Å². The first-order valence-corrected chi connectivity index (χ1v) is 4.30. The van der Waals surface area contributed by atoms with Crippen molar-refractivity contribution in [1.29, 1.82) is 0 Å². The molecule has 3 N–H and O–H groups in total. The van der Waals surface area contributed by atoms with Gasteiger partial charge in [-0.2, -0.15) is 0 Å². The molecule has 0 spiro atoms. The minimum Gasteiger partial charge on any atom is -0.399 e. The van der Waals surface area contributed by atoms with Gasteiger partial charge >= 0.3 is 0 Å². The quantitative estimate of drug-likeness (QED) is 0.678. The molecule has 0 heterocycles. The summed E-state index contributed by atoms with van der Waals surface area (Å²) in [4.78, 5) is 0. The van der Waals surface area contributed by atoms with Crippen molar-refractivity contribution in [2.75, 3.05) is 12.3 Å². The van der Waals surface area contributed by atoms with Crippen LogP contribution in [0.5, 0.6) is 0 Å². The van der Waals surface area contributed by atoms with E-state index in [2.05, 4.69) is 0 Å². The van der Waals surface area contributed by atoms with Gasteiger partial charge in [0.25, 0.3) is 0 Å². The van der Waals surface area contributed by atoms with Crippen molar-refractivity contribution in [2.45, 2.75) is 13.8 Å². The van der Waals surface area contributed by atoms with Crippen LogP contribution in [0.15, 0.2) is 18.2 Å². The molecule has 0 amide bonds. The van der Waals surface area contributed by atoms with E-state index < -0.39 is 0 Å². The molecule has 0 atom stereocenters. The minimum atomic E-state index is 0.0723. The first kappa shape index (κ1) is 9.81. The second kappa shape index (κ2) is 4.10. The van der Waals surface area contributed by atoms with E-state index in [4.69, 9.17) is 10.8 Å². The summed E-state index contributed by atoms with van der Waals surface area (Å²) in [5, 5.41) is 8.63. The van der Waals surface area contributed by atoms with Crippen LogP contribution in [0.25, 0.3) is 6.08 Å². The summed E-state index contributed by atoms with van der Waals surface area (Å²) in [5.74, 6) is 0. The number of benzene rings is 1. The standard InChI is InChI=1S/C11H15NO/c1-8-9(2)11(12)6-5-10(8)4-3-7-13/h3-6,13H,7,12H2,1-2H3. The molecule has 1 aromatic rings. The summed E-state index contributed by atoms with van der Waals surface area (Å²) in [6.45, 7) is 4.10. The van der Waals surface area contributed by atoms with Gasteiger partial charge in [0.15, 0.2) is 0 Å². The van der Waals surface area contributed by atoms with Crippen LogP contribution in [0.4, 0.5) is 5.69 Å². The molecular formula is C11H15NO. The summed E-state index contributed by atoms with van der Waals surface area (Å²) < 4.78 is 0. The van der Waals surface area contributed by atoms with E-state index in [9.17, 15) is 0 Å². The van der Waals surface area contributed by atoms with E-state index in [-0.39, 0.29) is 6.61 Å². The molecule has 0 aromatic heterocycles. The van der Waals surface area contributed by atoms with E-state index in [0.717, 1.165) is 16.8 Å². The van der Waals surface area contributed by atoms with Gasteiger partial charge in [0.2, 0.25) is 0 Å². The van der Waals surface area contributed by atoms with Crippen LogP contribution in [0.3, 0.4) is 0 Å². The first-order valence-electron chi connectivity index (χ1n) is 4.30. The summed E-state index contributed by atoms with van der Waals surface area (Å²) in [5.41, 5.74) is 9.96. The third-order valence-corrected chi connectivity index (χ3v) is 2.27. The first-order chi connectivity index (χ1) is 6.16. The van der Waals surface area contributed by atoms with Gasteiger partial charge in [0, 0.05) is 5.69 Å². The molecule has 0 radical (unpaired) electrons. The fraction of sp³-hybridized carbons (Fsp3) is 0.273. The zero-order valence-corrected chi connectivity index (χ0v) is 8.04. The zero-order valence-electron chi connectivity index (χ0n) is 8.04. The van der Waals surface area contributed by atoms with Crippen LogP contribution >= 0.6 is 0 Å². The molecule has 13 heavy (non-hydrogen) atoms. The number of anilines is 1. The van der Waals surface area contributed by atoms with Crippen LogP contribution < -0.4 is 5.73 Å². The highest BCUT2D eigenvalue weighted by molar-refractivity contribution is 5.62. The van der Waals surface area contributed by atoms with Gasteiger partial charge in [-0.05, 0) is 36.6 Å². The number of nitrogens with two attached hydrogens (primary N) is 1. The normalized spacial score (nSPS) is 11.0. The van der Waals surface area contributed by atoms with E-state index in [1.54, 1.807) is 6.08 Å². The van der Waals surface area contributed by atoms with Crippen LogP contribution in [0.1, 0.15) is 16.7 Å². The smallest absolute Gasteiger partial charge is 0.0615 e. The lowest BCUT2D eigenvalue weighted by atomic mass is 10.0. The molecule has 1 aromatic carbocycles. The number of nitrogen functional groups attached to an aromatic ring is 1. The van der Waals surface area contributed by atoms with Crippen LogP contribution in [0, 0.1) is 13.8 Å². The lowest BCUT2D eigenvalue weighted by Crippen LogP contribution is -1.94. The number of aliphatic hydroxyl groups is 1. The Balaban J connectivity index is 3.11. The van der Waals surface area contributed by atoms with Crippen LogP contribution in [-0.4, -0.2) is 11.7 Å². The minimum absolute atomic E-state index is 0.0723. The molecule has 0 saturated heterocycles. The molecule has 0 aliphatic heterocycles. The largest absolute Gasteiger partial charge is 0.399 e. The number of rotatable bonds is 2. The Kier molecular flexibility index (Phi) is 3.09. The third-order valence-electron chi connectivity index (χ3n) is 2.27. The Hall–Kier alpha value is -1.28. The summed E-state index contributed by atoms with van der Waals surface area (Å²) in [6, 6.07) is 3.85. The Morgan fingerprint density at radius 1 is 1.31 bits per heavy atom. The molecule has 70 valence electrons. The van der Waals surface area contributed by atoms with Gasteiger partial charge in [0.05, 0.1) is 6.61 Å². The number of aliphatic hydroxyl groups excluding tert-OH is 1. The Morgan fingerprint density at radius 2 is 2.00 bits per heavy atom. The number of hydrogen-bond acceptors (Lipinski definition) is 2. The Morgan fingerprint density at radius 3 is 2.62 bits per heavy atom. The Labute approximate surface area is 78.7 Å². The maximum Gasteiger partial charge on any atom is 0.0615 e. The van der Waals surface area contributed by atoms with Crippen LogP contribution in [0.2, 0.25) is 0 Å². The molecular weight excluding hydrogens is 162 g/mol. The molecule has 0 aliphatic carbocycles. The van der Waals surface area contributed by atoms with Gasteiger partial charge in [-0.25, -0.2) is 0 Å². The lowest BCUT2D eigenvalue weighted by Gasteiger charge is -2.07. The number of hydrogen-bond donors (Lipinski definition) is 2. The summed E-state index contributed by atoms with van der Waals surface area (Å²) in [7, 11) is 0. The second-order valence-corrected chi connectivity index (χ2v) is 3.08. The van der Waals surface area contributed by atoms with Gasteiger partial charge in [-0.1, -0.05) is 18.2 Å². The second-order valence-electron chi connectivity index (χ2n) is 3.08. The SMILES string of the molecule is Cc1c(N)ccc(C=CCO)c1C. The van der Waals surface area contributed by atoms with Crippen molar-refractivity contribution < 1.29 is 5.11 Å². The highest BCUT2D eigenvalue weighted by atomic mass is 16.2. The van der Waals surface area contributed by atoms with Gasteiger partial charge < -0.3 is 10.8 Å². The van der Waals surface area contributed by atoms with Gasteiger partial charge in [0.1, 0.15) is 0 Å². The van der Waals surface area contributed by atoms with Crippen molar-refractivity contribution in [3.63, 3.8) is 0 Å². The monoisotopic (exact) mass is 177 g/mol.